The maximum absolute atomic E-state index is 10.8. The molecule has 0 saturated carbocycles. The minimum absolute atomic E-state index is 0.121. The summed E-state index contributed by atoms with van der Waals surface area (Å²) in [6.45, 7) is 3.70. The van der Waals surface area contributed by atoms with Gasteiger partial charge in [-0.1, -0.05) is 43.3 Å². The maximum Gasteiger partial charge on any atom is 0.270 e. The lowest BCUT2D eigenvalue weighted by atomic mass is 9.99. The Hall–Kier alpha value is -2.20. The lowest BCUT2D eigenvalue weighted by Gasteiger charge is -2.10. The molecule has 0 saturated heterocycles. The zero-order valence-electron chi connectivity index (χ0n) is 10.8. The molecule has 0 unspecified atom stereocenters. The van der Waals surface area contributed by atoms with Crippen LogP contribution in [0, 0.1) is 10.1 Å². The van der Waals surface area contributed by atoms with Crippen LogP contribution in [0.5, 0.6) is 0 Å². The van der Waals surface area contributed by atoms with Crippen LogP contribution in [0.4, 0.5) is 5.69 Å². The van der Waals surface area contributed by atoms with Crippen LogP contribution in [0.3, 0.4) is 0 Å². The Balaban J connectivity index is 2.40. The number of nitro benzene ring substituents is 1. The molecule has 19 heavy (non-hydrogen) atoms. The van der Waals surface area contributed by atoms with Gasteiger partial charge in [-0.15, -0.1) is 0 Å². The first-order valence-corrected chi connectivity index (χ1v) is 6.26. The van der Waals surface area contributed by atoms with Gasteiger partial charge in [0.25, 0.3) is 5.69 Å². The minimum atomic E-state index is -0.365. The number of nitrogens with one attached hydrogen (secondary N) is 1. The van der Waals surface area contributed by atoms with E-state index in [-0.39, 0.29) is 10.6 Å². The summed E-state index contributed by atoms with van der Waals surface area (Å²) >= 11 is 0. The molecule has 0 aliphatic heterocycles. The second kappa shape index (κ2) is 6.11. The Morgan fingerprint density at radius 2 is 1.95 bits per heavy atom. The van der Waals surface area contributed by atoms with E-state index in [0.717, 1.165) is 29.8 Å². The third-order valence-electron chi connectivity index (χ3n) is 2.95. The van der Waals surface area contributed by atoms with Crippen molar-refractivity contribution >= 4 is 5.69 Å². The Morgan fingerprint density at radius 3 is 2.68 bits per heavy atom. The summed E-state index contributed by atoms with van der Waals surface area (Å²) < 4.78 is 0. The van der Waals surface area contributed by atoms with E-state index in [1.807, 2.05) is 30.3 Å². The first kappa shape index (κ1) is 13.2. The SMILES string of the molecule is CCNCc1ccccc1-c1cccc([N+](=O)[O-])c1. The highest BCUT2D eigenvalue weighted by molar-refractivity contribution is 5.69. The van der Waals surface area contributed by atoms with Crippen LogP contribution in [0.25, 0.3) is 11.1 Å². The van der Waals surface area contributed by atoms with Crippen LogP contribution >= 0.6 is 0 Å². The molecule has 0 spiro atoms. The van der Waals surface area contributed by atoms with Gasteiger partial charge < -0.3 is 5.32 Å². The van der Waals surface area contributed by atoms with Gasteiger partial charge in [-0.05, 0) is 23.2 Å². The van der Waals surface area contributed by atoms with Crippen molar-refractivity contribution in [3.05, 3.63) is 64.2 Å². The molecule has 0 bridgehead atoms. The van der Waals surface area contributed by atoms with Gasteiger partial charge in [0.2, 0.25) is 0 Å². The molecule has 1 N–H and O–H groups in total. The third kappa shape index (κ3) is 3.17. The van der Waals surface area contributed by atoms with Crippen molar-refractivity contribution in [2.75, 3.05) is 6.54 Å². The van der Waals surface area contributed by atoms with Gasteiger partial charge in [-0.25, -0.2) is 0 Å². The van der Waals surface area contributed by atoms with Crippen LogP contribution in [0.1, 0.15) is 12.5 Å². The molecule has 0 aliphatic carbocycles. The van der Waals surface area contributed by atoms with Gasteiger partial charge in [-0.3, -0.25) is 10.1 Å². The molecule has 98 valence electrons. The van der Waals surface area contributed by atoms with Gasteiger partial charge >= 0.3 is 0 Å². The summed E-state index contributed by atoms with van der Waals surface area (Å²) in [7, 11) is 0. The first-order valence-electron chi connectivity index (χ1n) is 6.26. The Labute approximate surface area is 112 Å². The van der Waals surface area contributed by atoms with Gasteiger partial charge in [0.05, 0.1) is 4.92 Å². The molecule has 4 nitrogen and oxygen atoms in total. The molecule has 0 radical (unpaired) electrons. The Bertz CT molecular complexity index is 582. The smallest absolute Gasteiger partial charge is 0.270 e. The predicted octanol–water partition coefficient (Wildman–Crippen LogP) is 3.37. The molecular weight excluding hydrogens is 240 g/mol. The molecular formula is C15H16N2O2. The quantitative estimate of drug-likeness (QED) is 0.659. The third-order valence-corrected chi connectivity index (χ3v) is 2.95. The van der Waals surface area contributed by atoms with E-state index in [1.54, 1.807) is 12.1 Å². The lowest BCUT2D eigenvalue weighted by molar-refractivity contribution is -0.384. The second-order valence-corrected chi connectivity index (χ2v) is 4.24. The van der Waals surface area contributed by atoms with Crippen LogP contribution in [-0.4, -0.2) is 11.5 Å². The molecule has 0 amide bonds. The van der Waals surface area contributed by atoms with Crippen molar-refractivity contribution in [1.82, 2.24) is 5.32 Å². The van der Waals surface area contributed by atoms with Crippen molar-refractivity contribution < 1.29 is 4.92 Å². The summed E-state index contributed by atoms with van der Waals surface area (Å²) in [4.78, 5) is 10.5. The minimum Gasteiger partial charge on any atom is -0.313 e. The van der Waals surface area contributed by atoms with Crippen molar-refractivity contribution in [1.29, 1.82) is 0 Å². The predicted molar refractivity (Wildman–Crippen MR) is 75.9 cm³/mol. The topological polar surface area (TPSA) is 55.2 Å². The van der Waals surface area contributed by atoms with Crippen molar-refractivity contribution in [2.24, 2.45) is 0 Å². The van der Waals surface area contributed by atoms with Gasteiger partial charge in [0.15, 0.2) is 0 Å². The lowest BCUT2D eigenvalue weighted by Crippen LogP contribution is -2.12. The van der Waals surface area contributed by atoms with E-state index in [1.165, 1.54) is 6.07 Å². The Morgan fingerprint density at radius 1 is 1.16 bits per heavy atom. The fourth-order valence-corrected chi connectivity index (χ4v) is 2.00. The zero-order valence-corrected chi connectivity index (χ0v) is 10.8. The molecule has 0 fully saturated rings. The fourth-order valence-electron chi connectivity index (χ4n) is 2.00. The average Bonchev–Trinajstić information content (AvgIpc) is 2.45. The zero-order chi connectivity index (χ0) is 13.7. The van der Waals surface area contributed by atoms with E-state index < -0.39 is 0 Å². The summed E-state index contributed by atoms with van der Waals surface area (Å²) in [6, 6.07) is 14.7. The van der Waals surface area contributed by atoms with Crippen molar-refractivity contribution in [3.63, 3.8) is 0 Å². The standard InChI is InChI=1S/C15H16N2O2/c1-2-16-11-13-6-3-4-9-15(13)12-7-5-8-14(10-12)17(18)19/h3-10,16H,2,11H2,1H3. The summed E-state index contributed by atoms with van der Waals surface area (Å²) in [5.41, 5.74) is 3.18. The van der Waals surface area contributed by atoms with E-state index in [0.29, 0.717) is 0 Å². The molecule has 0 aromatic heterocycles. The normalized spacial score (nSPS) is 10.4. The summed E-state index contributed by atoms with van der Waals surface area (Å²) in [5.74, 6) is 0. The number of hydrogen-bond acceptors (Lipinski definition) is 3. The molecule has 2 aromatic rings. The van der Waals surface area contributed by atoms with Crippen LogP contribution in [0.2, 0.25) is 0 Å². The molecule has 0 aliphatic rings. The van der Waals surface area contributed by atoms with Crippen molar-refractivity contribution in [3.8, 4) is 11.1 Å². The van der Waals surface area contributed by atoms with Crippen LogP contribution in [0.15, 0.2) is 48.5 Å². The van der Waals surface area contributed by atoms with E-state index in [9.17, 15) is 10.1 Å². The number of benzene rings is 2. The van der Waals surface area contributed by atoms with E-state index in [4.69, 9.17) is 0 Å². The van der Waals surface area contributed by atoms with Crippen LogP contribution in [-0.2, 0) is 6.54 Å². The maximum atomic E-state index is 10.8. The summed E-state index contributed by atoms with van der Waals surface area (Å²) in [6.07, 6.45) is 0. The highest BCUT2D eigenvalue weighted by Crippen LogP contribution is 2.26. The first-order chi connectivity index (χ1) is 9.22. The summed E-state index contributed by atoms with van der Waals surface area (Å²) in [5, 5.41) is 14.1. The number of rotatable bonds is 5. The Kier molecular flexibility index (Phi) is 4.26. The molecule has 2 rings (SSSR count). The van der Waals surface area contributed by atoms with Gasteiger partial charge in [0.1, 0.15) is 0 Å². The number of nitro groups is 1. The fraction of sp³-hybridized carbons (Fsp3) is 0.200. The number of hydrogen-bond donors (Lipinski definition) is 1. The second-order valence-electron chi connectivity index (χ2n) is 4.24. The highest BCUT2D eigenvalue weighted by Gasteiger charge is 2.09. The van der Waals surface area contributed by atoms with E-state index in [2.05, 4.69) is 12.2 Å². The van der Waals surface area contributed by atoms with Crippen molar-refractivity contribution in [2.45, 2.75) is 13.5 Å². The van der Waals surface area contributed by atoms with Gasteiger partial charge in [-0.2, -0.15) is 0 Å². The molecule has 2 aromatic carbocycles. The molecule has 0 atom stereocenters. The average molecular weight is 256 g/mol. The monoisotopic (exact) mass is 256 g/mol. The number of non-ortho nitro benzene ring substituents is 1. The van der Waals surface area contributed by atoms with E-state index >= 15 is 0 Å². The molecule has 0 heterocycles. The largest absolute Gasteiger partial charge is 0.313 e. The van der Waals surface area contributed by atoms with Gasteiger partial charge in [0, 0.05) is 18.7 Å². The number of nitrogens with zero attached hydrogens (tertiary/aromatic N) is 1. The molecule has 4 heteroatoms. The highest BCUT2D eigenvalue weighted by atomic mass is 16.6. The van der Waals surface area contributed by atoms with Crippen LogP contribution < -0.4 is 5.32 Å².